The molecule has 0 unspecified atom stereocenters. The molecule has 4 aromatic rings. The van der Waals surface area contributed by atoms with E-state index in [4.69, 9.17) is 0 Å². The average molecular weight is 553 g/mol. The third kappa shape index (κ3) is 6.49. The highest BCUT2D eigenvalue weighted by molar-refractivity contribution is 7.92. The van der Waals surface area contributed by atoms with Crippen molar-refractivity contribution in [1.82, 2.24) is 5.32 Å². The third-order valence-electron chi connectivity index (χ3n) is 6.30. The van der Waals surface area contributed by atoms with E-state index in [1.54, 1.807) is 19.1 Å². The van der Waals surface area contributed by atoms with E-state index in [0.717, 1.165) is 40.5 Å². The first-order valence-electron chi connectivity index (χ1n) is 12.1. The molecule has 0 fully saturated rings. The Labute approximate surface area is 226 Å². The van der Waals surface area contributed by atoms with Crippen LogP contribution in [0.2, 0.25) is 0 Å². The number of alkyl halides is 3. The zero-order valence-corrected chi connectivity index (χ0v) is 22.1. The summed E-state index contributed by atoms with van der Waals surface area (Å²) in [6, 6.07) is 25.9. The topological polar surface area (TPSA) is 66.5 Å². The highest BCUT2D eigenvalue weighted by atomic mass is 32.2. The van der Waals surface area contributed by atoms with Crippen molar-refractivity contribution >= 4 is 21.6 Å². The standard InChI is InChI=1S/C30H27F3N2O3S/c1-21-15-17-26(18-16-21)39(37,38)35(25-13-8-12-24(19-25)30(31,32)33)20-28(36)34-29(23-10-4-3-5-11-23)27-14-7-6-9-22(27)2/h3-19,29H,20H2,1-2H3,(H,34,36)/t29-/m0/s1. The van der Waals surface area contributed by atoms with Crippen molar-refractivity contribution in [2.45, 2.75) is 31.0 Å². The molecule has 1 amide bonds. The van der Waals surface area contributed by atoms with Gasteiger partial charge in [0, 0.05) is 0 Å². The number of amides is 1. The minimum Gasteiger partial charge on any atom is -0.344 e. The maximum atomic E-state index is 13.7. The minimum atomic E-state index is -4.69. The molecule has 0 spiro atoms. The molecule has 4 rings (SSSR count). The molecule has 5 nitrogen and oxygen atoms in total. The lowest BCUT2D eigenvalue weighted by Crippen LogP contribution is -2.42. The fourth-order valence-corrected chi connectivity index (χ4v) is 5.64. The van der Waals surface area contributed by atoms with Gasteiger partial charge in [0.2, 0.25) is 5.91 Å². The number of rotatable bonds is 8. The molecule has 0 saturated carbocycles. The first-order valence-corrected chi connectivity index (χ1v) is 13.6. The summed E-state index contributed by atoms with van der Waals surface area (Å²) in [6.45, 7) is 2.95. The van der Waals surface area contributed by atoms with E-state index in [9.17, 15) is 26.4 Å². The third-order valence-corrected chi connectivity index (χ3v) is 8.08. The number of carbonyl (C=O) groups is 1. The van der Waals surface area contributed by atoms with E-state index in [-0.39, 0.29) is 10.6 Å². The quantitative estimate of drug-likeness (QED) is 0.274. The predicted molar refractivity (Wildman–Crippen MR) is 145 cm³/mol. The van der Waals surface area contributed by atoms with Gasteiger partial charge in [-0.05, 0) is 60.9 Å². The zero-order chi connectivity index (χ0) is 28.2. The second-order valence-corrected chi connectivity index (χ2v) is 11.0. The van der Waals surface area contributed by atoms with Crippen molar-refractivity contribution in [2.75, 3.05) is 10.8 Å². The molecule has 4 aromatic carbocycles. The van der Waals surface area contributed by atoms with Crippen LogP contribution in [0.25, 0.3) is 0 Å². The van der Waals surface area contributed by atoms with Gasteiger partial charge in [0.25, 0.3) is 10.0 Å². The van der Waals surface area contributed by atoms with Crippen molar-refractivity contribution in [1.29, 1.82) is 0 Å². The molecule has 1 atom stereocenters. The average Bonchev–Trinajstić information content (AvgIpc) is 2.91. The molecule has 9 heteroatoms. The van der Waals surface area contributed by atoms with Crippen LogP contribution in [0.4, 0.5) is 18.9 Å². The van der Waals surface area contributed by atoms with Gasteiger partial charge in [0.05, 0.1) is 22.2 Å². The van der Waals surface area contributed by atoms with Crippen LogP contribution in [0.15, 0.2) is 108 Å². The number of nitrogens with zero attached hydrogens (tertiary/aromatic N) is 1. The Hall–Kier alpha value is -4.11. The number of benzene rings is 4. The molecule has 0 saturated heterocycles. The van der Waals surface area contributed by atoms with Crippen LogP contribution >= 0.6 is 0 Å². The van der Waals surface area contributed by atoms with Crippen molar-refractivity contribution in [3.8, 4) is 0 Å². The Morgan fingerprint density at radius 3 is 2.13 bits per heavy atom. The Morgan fingerprint density at radius 2 is 1.49 bits per heavy atom. The van der Waals surface area contributed by atoms with Crippen LogP contribution in [0.3, 0.4) is 0 Å². The van der Waals surface area contributed by atoms with Crippen molar-refractivity contribution in [2.24, 2.45) is 0 Å². The van der Waals surface area contributed by atoms with E-state index < -0.39 is 40.3 Å². The van der Waals surface area contributed by atoms with Gasteiger partial charge >= 0.3 is 6.18 Å². The van der Waals surface area contributed by atoms with Crippen LogP contribution < -0.4 is 9.62 Å². The Bertz CT molecular complexity index is 1550. The summed E-state index contributed by atoms with van der Waals surface area (Å²) in [7, 11) is -4.40. The lowest BCUT2D eigenvalue weighted by Gasteiger charge is -2.27. The number of nitrogens with one attached hydrogen (secondary N) is 1. The molecule has 0 aliphatic carbocycles. The van der Waals surface area contributed by atoms with Gasteiger partial charge < -0.3 is 5.32 Å². The second kappa shape index (κ2) is 11.3. The molecular formula is C30H27F3N2O3S. The number of sulfonamides is 1. The van der Waals surface area contributed by atoms with Crippen molar-refractivity contribution < 1.29 is 26.4 Å². The van der Waals surface area contributed by atoms with E-state index in [1.165, 1.54) is 18.2 Å². The normalized spacial score (nSPS) is 12.5. The summed E-state index contributed by atoms with van der Waals surface area (Å²) in [5.74, 6) is -0.680. The molecule has 39 heavy (non-hydrogen) atoms. The molecule has 0 aromatic heterocycles. The van der Waals surface area contributed by atoms with Crippen LogP contribution in [-0.4, -0.2) is 20.9 Å². The highest BCUT2D eigenvalue weighted by Crippen LogP contribution is 2.33. The molecular weight excluding hydrogens is 525 g/mol. The fourth-order valence-electron chi connectivity index (χ4n) is 4.22. The first kappa shape index (κ1) is 27.9. The van der Waals surface area contributed by atoms with Crippen LogP contribution in [0.1, 0.15) is 33.9 Å². The number of carbonyl (C=O) groups excluding carboxylic acids is 1. The summed E-state index contributed by atoms with van der Waals surface area (Å²) < 4.78 is 68.6. The van der Waals surface area contributed by atoms with Crippen LogP contribution in [0, 0.1) is 13.8 Å². The lowest BCUT2D eigenvalue weighted by atomic mass is 9.95. The maximum absolute atomic E-state index is 13.7. The molecule has 202 valence electrons. The van der Waals surface area contributed by atoms with Crippen molar-refractivity contribution in [3.05, 3.63) is 131 Å². The lowest BCUT2D eigenvalue weighted by molar-refractivity contribution is -0.137. The smallest absolute Gasteiger partial charge is 0.344 e. The molecule has 0 radical (unpaired) electrons. The van der Waals surface area contributed by atoms with Gasteiger partial charge in [-0.3, -0.25) is 9.10 Å². The number of hydrogen-bond donors (Lipinski definition) is 1. The molecule has 1 N–H and O–H groups in total. The van der Waals surface area contributed by atoms with Gasteiger partial charge in [-0.25, -0.2) is 8.42 Å². The van der Waals surface area contributed by atoms with Gasteiger partial charge in [0.1, 0.15) is 6.54 Å². The second-order valence-electron chi connectivity index (χ2n) is 9.14. The van der Waals surface area contributed by atoms with Gasteiger partial charge in [-0.15, -0.1) is 0 Å². The van der Waals surface area contributed by atoms with Gasteiger partial charge in [-0.2, -0.15) is 13.2 Å². The Balaban J connectivity index is 1.74. The van der Waals surface area contributed by atoms with Crippen molar-refractivity contribution in [3.63, 3.8) is 0 Å². The minimum absolute atomic E-state index is 0.142. The summed E-state index contributed by atoms with van der Waals surface area (Å²) >= 11 is 0. The molecule has 0 bridgehead atoms. The largest absolute Gasteiger partial charge is 0.416 e. The first-order chi connectivity index (χ1) is 18.5. The van der Waals surface area contributed by atoms with E-state index >= 15 is 0 Å². The zero-order valence-electron chi connectivity index (χ0n) is 21.3. The monoisotopic (exact) mass is 552 g/mol. The van der Waals surface area contributed by atoms with E-state index in [2.05, 4.69) is 5.32 Å². The SMILES string of the molecule is Cc1ccc(S(=O)(=O)N(CC(=O)N[C@@H](c2ccccc2)c2ccccc2C)c2cccc(C(F)(F)F)c2)cc1. The number of halogens is 3. The summed E-state index contributed by atoms with van der Waals surface area (Å²) in [6.07, 6.45) is -4.69. The van der Waals surface area contributed by atoms with Crippen LogP contribution in [-0.2, 0) is 21.0 Å². The van der Waals surface area contributed by atoms with Crippen LogP contribution in [0.5, 0.6) is 0 Å². The Morgan fingerprint density at radius 1 is 0.846 bits per heavy atom. The number of hydrogen-bond acceptors (Lipinski definition) is 3. The number of aryl methyl sites for hydroxylation is 2. The fraction of sp³-hybridized carbons (Fsp3) is 0.167. The van der Waals surface area contributed by atoms with Gasteiger partial charge in [0.15, 0.2) is 0 Å². The number of anilines is 1. The summed E-state index contributed by atoms with van der Waals surface area (Å²) in [5.41, 5.74) is 2.01. The predicted octanol–water partition coefficient (Wildman–Crippen LogP) is 6.42. The van der Waals surface area contributed by atoms with E-state index in [1.807, 2.05) is 61.5 Å². The Kier molecular flexibility index (Phi) is 8.11. The van der Waals surface area contributed by atoms with Gasteiger partial charge in [-0.1, -0.05) is 78.4 Å². The summed E-state index contributed by atoms with van der Waals surface area (Å²) in [4.78, 5) is 13.3. The van der Waals surface area contributed by atoms with E-state index in [0.29, 0.717) is 4.31 Å². The molecule has 0 heterocycles. The maximum Gasteiger partial charge on any atom is 0.416 e. The molecule has 0 aliphatic heterocycles. The summed E-state index contributed by atoms with van der Waals surface area (Å²) in [5, 5.41) is 2.90. The highest BCUT2D eigenvalue weighted by Gasteiger charge is 2.33. The molecule has 0 aliphatic rings.